The summed E-state index contributed by atoms with van der Waals surface area (Å²) in [6.07, 6.45) is 7.87. The molecule has 33 heavy (non-hydrogen) atoms. The number of amides is 1. The molecule has 1 N–H and O–H groups in total. The van der Waals surface area contributed by atoms with Crippen LogP contribution in [0.4, 0.5) is 5.69 Å². The first-order chi connectivity index (χ1) is 16.0. The third-order valence-electron chi connectivity index (χ3n) is 6.17. The van der Waals surface area contributed by atoms with Gasteiger partial charge in [0, 0.05) is 41.6 Å². The molecule has 6 heteroatoms. The van der Waals surface area contributed by atoms with E-state index in [9.17, 15) is 4.79 Å². The minimum absolute atomic E-state index is 0.0178. The fourth-order valence-corrected chi connectivity index (χ4v) is 4.94. The zero-order chi connectivity index (χ0) is 23.2. The maximum absolute atomic E-state index is 12.1. The van der Waals surface area contributed by atoms with Crippen LogP contribution >= 0.6 is 11.8 Å². The van der Waals surface area contributed by atoms with E-state index in [1.54, 1.807) is 24.2 Å². The molecule has 1 amide bonds. The van der Waals surface area contributed by atoms with Crippen LogP contribution < -0.4 is 5.32 Å². The molecule has 0 saturated carbocycles. The number of nitrogens with one attached hydrogen (secondary N) is 1. The Bertz CT molecular complexity index is 1060. The molecule has 2 aromatic heterocycles. The van der Waals surface area contributed by atoms with Crippen molar-refractivity contribution >= 4 is 23.4 Å². The molecular formula is C27H32N4OS. The normalized spacial score (nSPS) is 15.0. The smallest absolute Gasteiger partial charge is 0.226 e. The van der Waals surface area contributed by atoms with Gasteiger partial charge in [-0.25, -0.2) is 4.98 Å². The molecule has 1 aliphatic heterocycles. The number of likely N-dealkylation sites (tertiary alicyclic amines) is 1. The van der Waals surface area contributed by atoms with E-state index in [1.165, 1.54) is 16.7 Å². The lowest BCUT2D eigenvalue weighted by atomic mass is 9.86. The lowest BCUT2D eigenvalue weighted by molar-refractivity contribution is -0.118. The molecule has 4 rings (SSSR count). The first-order valence-corrected chi connectivity index (χ1v) is 12.5. The molecule has 3 aromatic rings. The third-order valence-corrected chi connectivity index (χ3v) is 7.13. The zero-order valence-corrected chi connectivity index (χ0v) is 20.4. The number of hydrogen-bond acceptors (Lipinski definition) is 5. The molecule has 0 unspecified atom stereocenters. The Labute approximate surface area is 201 Å². The molecule has 0 aliphatic carbocycles. The highest BCUT2D eigenvalue weighted by atomic mass is 32.2. The van der Waals surface area contributed by atoms with Gasteiger partial charge in [0.25, 0.3) is 0 Å². The van der Waals surface area contributed by atoms with Crippen LogP contribution in [0.1, 0.15) is 49.3 Å². The Morgan fingerprint density at radius 1 is 1.12 bits per heavy atom. The SMILES string of the molecule is Cc1ccc(NC(=O)C(C)C)cc1C1CCN(Cc2ccc(Sc3ccncc3)nc2)CC1. The fraction of sp³-hybridized carbons (Fsp3) is 0.370. The number of carbonyl (C=O) groups is 1. The molecule has 0 bridgehead atoms. The highest BCUT2D eigenvalue weighted by molar-refractivity contribution is 7.99. The summed E-state index contributed by atoms with van der Waals surface area (Å²) in [5.41, 5.74) is 4.84. The van der Waals surface area contributed by atoms with Gasteiger partial charge in [-0.3, -0.25) is 14.7 Å². The summed E-state index contributed by atoms with van der Waals surface area (Å²) in [5, 5.41) is 4.05. The van der Waals surface area contributed by atoms with Crippen molar-refractivity contribution in [2.45, 2.75) is 56.0 Å². The van der Waals surface area contributed by atoms with E-state index in [4.69, 9.17) is 0 Å². The molecule has 0 atom stereocenters. The van der Waals surface area contributed by atoms with E-state index in [2.05, 4.69) is 51.4 Å². The topological polar surface area (TPSA) is 58.1 Å². The van der Waals surface area contributed by atoms with Crippen molar-refractivity contribution in [3.05, 3.63) is 77.7 Å². The van der Waals surface area contributed by atoms with E-state index in [1.807, 2.05) is 38.2 Å². The number of anilines is 1. The van der Waals surface area contributed by atoms with Crippen LogP contribution in [0, 0.1) is 12.8 Å². The molecule has 5 nitrogen and oxygen atoms in total. The average Bonchev–Trinajstić information content (AvgIpc) is 2.83. The molecular weight excluding hydrogens is 428 g/mol. The summed E-state index contributed by atoms with van der Waals surface area (Å²) in [5.74, 6) is 0.587. The first kappa shape index (κ1) is 23.5. The van der Waals surface area contributed by atoms with Crippen molar-refractivity contribution in [2.75, 3.05) is 18.4 Å². The minimum Gasteiger partial charge on any atom is -0.326 e. The van der Waals surface area contributed by atoms with Crippen molar-refractivity contribution in [3.63, 3.8) is 0 Å². The van der Waals surface area contributed by atoms with Crippen molar-refractivity contribution in [1.82, 2.24) is 14.9 Å². The zero-order valence-electron chi connectivity index (χ0n) is 19.6. The molecule has 1 aliphatic rings. The highest BCUT2D eigenvalue weighted by Crippen LogP contribution is 2.33. The van der Waals surface area contributed by atoms with Crippen LogP contribution in [-0.4, -0.2) is 33.9 Å². The van der Waals surface area contributed by atoms with Crippen molar-refractivity contribution < 1.29 is 4.79 Å². The van der Waals surface area contributed by atoms with Gasteiger partial charge in [-0.05, 0) is 85.8 Å². The van der Waals surface area contributed by atoms with E-state index >= 15 is 0 Å². The summed E-state index contributed by atoms with van der Waals surface area (Å²) in [6.45, 7) is 9.09. The lowest BCUT2D eigenvalue weighted by Gasteiger charge is -2.33. The largest absolute Gasteiger partial charge is 0.326 e. The van der Waals surface area contributed by atoms with Gasteiger partial charge in [-0.2, -0.15) is 0 Å². The van der Waals surface area contributed by atoms with Crippen LogP contribution in [0.2, 0.25) is 0 Å². The minimum atomic E-state index is -0.0178. The maximum Gasteiger partial charge on any atom is 0.226 e. The number of rotatable bonds is 7. The van der Waals surface area contributed by atoms with Gasteiger partial charge in [-0.1, -0.05) is 37.7 Å². The second-order valence-corrected chi connectivity index (χ2v) is 10.1. The number of benzene rings is 1. The Morgan fingerprint density at radius 3 is 2.55 bits per heavy atom. The quantitative estimate of drug-likeness (QED) is 0.475. The third kappa shape index (κ3) is 6.42. The summed E-state index contributed by atoms with van der Waals surface area (Å²) >= 11 is 1.66. The van der Waals surface area contributed by atoms with Crippen LogP contribution in [0.25, 0.3) is 0 Å². The van der Waals surface area contributed by atoms with E-state index in [-0.39, 0.29) is 11.8 Å². The van der Waals surface area contributed by atoms with Crippen molar-refractivity contribution in [2.24, 2.45) is 5.92 Å². The van der Waals surface area contributed by atoms with Gasteiger partial charge < -0.3 is 5.32 Å². The Morgan fingerprint density at radius 2 is 1.88 bits per heavy atom. The number of hydrogen-bond donors (Lipinski definition) is 1. The standard InChI is InChI=1S/C27H32N4OS/c1-19(2)27(32)30-23-6-4-20(3)25(16-23)22-10-14-31(15-11-22)18-21-5-7-26(29-17-21)33-24-8-12-28-13-9-24/h4-9,12-13,16-17,19,22H,10-11,14-15,18H2,1-3H3,(H,30,32). The van der Waals surface area contributed by atoms with E-state index < -0.39 is 0 Å². The predicted octanol–water partition coefficient (Wildman–Crippen LogP) is 5.91. The Kier molecular flexibility index (Phi) is 7.78. The van der Waals surface area contributed by atoms with Crippen LogP contribution in [0.5, 0.6) is 0 Å². The van der Waals surface area contributed by atoms with Crippen molar-refractivity contribution in [3.8, 4) is 0 Å². The number of carbonyl (C=O) groups excluding carboxylic acids is 1. The van der Waals surface area contributed by atoms with Gasteiger partial charge in [-0.15, -0.1) is 0 Å². The van der Waals surface area contributed by atoms with Crippen molar-refractivity contribution in [1.29, 1.82) is 0 Å². The molecule has 1 saturated heterocycles. The number of aromatic nitrogens is 2. The number of pyridine rings is 2. The van der Waals surface area contributed by atoms with Gasteiger partial charge >= 0.3 is 0 Å². The first-order valence-electron chi connectivity index (χ1n) is 11.6. The van der Waals surface area contributed by atoms with Crippen LogP contribution in [0.3, 0.4) is 0 Å². The number of aryl methyl sites for hydroxylation is 1. The molecule has 3 heterocycles. The van der Waals surface area contributed by atoms with Gasteiger partial charge in [0.2, 0.25) is 5.91 Å². The monoisotopic (exact) mass is 460 g/mol. The molecule has 172 valence electrons. The summed E-state index contributed by atoms with van der Waals surface area (Å²) in [4.78, 5) is 24.5. The van der Waals surface area contributed by atoms with Gasteiger partial charge in [0.1, 0.15) is 5.03 Å². The molecule has 1 aromatic carbocycles. The second-order valence-electron chi connectivity index (χ2n) is 9.06. The van der Waals surface area contributed by atoms with Crippen LogP contribution in [-0.2, 0) is 11.3 Å². The summed E-state index contributed by atoms with van der Waals surface area (Å²) in [6, 6.07) is 14.6. The predicted molar refractivity (Wildman–Crippen MR) is 134 cm³/mol. The molecule has 0 radical (unpaired) electrons. The Hall–Kier alpha value is -2.70. The summed E-state index contributed by atoms with van der Waals surface area (Å²) in [7, 11) is 0. The van der Waals surface area contributed by atoms with Gasteiger partial charge in [0.15, 0.2) is 0 Å². The lowest BCUT2D eigenvalue weighted by Crippen LogP contribution is -2.32. The van der Waals surface area contributed by atoms with Gasteiger partial charge in [0.05, 0.1) is 0 Å². The molecule has 1 fully saturated rings. The Balaban J connectivity index is 1.31. The number of piperidine rings is 1. The highest BCUT2D eigenvalue weighted by Gasteiger charge is 2.22. The number of nitrogens with zero attached hydrogens (tertiary/aromatic N) is 3. The van der Waals surface area contributed by atoms with E-state index in [0.717, 1.165) is 48.1 Å². The van der Waals surface area contributed by atoms with Crippen LogP contribution in [0.15, 0.2) is 71.0 Å². The second kappa shape index (κ2) is 10.9. The van der Waals surface area contributed by atoms with E-state index in [0.29, 0.717) is 5.92 Å². The maximum atomic E-state index is 12.1. The molecule has 0 spiro atoms. The average molecular weight is 461 g/mol. The fourth-order valence-electron chi connectivity index (χ4n) is 4.20. The summed E-state index contributed by atoms with van der Waals surface area (Å²) < 4.78 is 0.